The molecular weight excluding hydrogens is 252 g/mol. The smallest absolute Gasteiger partial charge is 0.223 e. The van der Waals surface area contributed by atoms with Crippen LogP contribution in [-0.4, -0.2) is 28.5 Å². The van der Waals surface area contributed by atoms with E-state index in [0.29, 0.717) is 5.92 Å². The van der Waals surface area contributed by atoms with Crippen molar-refractivity contribution in [2.75, 3.05) is 13.1 Å². The fourth-order valence-corrected chi connectivity index (χ4v) is 2.85. The monoisotopic (exact) mass is 278 g/mol. The minimum atomic E-state index is 0.214. The summed E-state index contributed by atoms with van der Waals surface area (Å²) in [5.74, 6) is 1.09. The molecule has 1 saturated carbocycles. The van der Waals surface area contributed by atoms with E-state index < -0.39 is 0 Å². The van der Waals surface area contributed by atoms with Crippen LogP contribution >= 0.6 is 0 Å². The second-order valence-electron chi connectivity index (χ2n) is 5.75. The summed E-state index contributed by atoms with van der Waals surface area (Å²) in [7, 11) is 0. The quantitative estimate of drug-likeness (QED) is 0.743. The third-order valence-electron chi connectivity index (χ3n) is 4.25. The van der Waals surface area contributed by atoms with E-state index in [1.165, 1.54) is 0 Å². The molecule has 0 aliphatic heterocycles. The fraction of sp³-hybridized carbons (Fsp3) is 0.733. The topological polar surface area (TPSA) is 72.9 Å². The number of carbonyl (C=O) groups is 1. The SMILES string of the molecule is NCC1CCC(C(=O)NCCCCn2ccnc2)CC1. The van der Waals surface area contributed by atoms with Crippen LogP contribution < -0.4 is 11.1 Å². The third kappa shape index (κ3) is 4.63. The minimum Gasteiger partial charge on any atom is -0.356 e. The number of nitrogens with zero attached hydrogens (tertiary/aromatic N) is 2. The number of carbonyl (C=O) groups excluding carboxylic acids is 1. The van der Waals surface area contributed by atoms with Crippen LogP contribution in [0.4, 0.5) is 0 Å². The van der Waals surface area contributed by atoms with E-state index in [0.717, 1.165) is 58.2 Å². The maximum Gasteiger partial charge on any atom is 0.223 e. The van der Waals surface area contributed by atoms with E-state index in [9.17, 15) is 4.79 Å². The van der Waals surface area contributed by atoms with E-state index in [2.05, 4.69) is 14.9 Å². The van der Waals surface area contributed by atoms with Gasteiger partial charge in [-0.1, -0.05) is 0 Å². The first kappa shape index (κ1) is 15.0. The highest BCUT2D eigenvalue weighted by molar-refractivity contribution is 5.78. The Morgan fingerprint density at radius 2 is 2.10 bits per heavy atom. The summed E-state index contributed by atoms with van der Waals surface area (Å²) in [6, 6.07) is 0. The molecule has 5 heteroatoms. The number of amides is 1. The van der Waals surface area contributed by atoms with Gasteiger partial charge in [0.25, 0.3) is 0 Å². The van der Waals surface area contributed by atoms with Crippen LogP contribution in [0, 0.1) is 11.8 Å². The van der Waals surface area contributed by atoms with Crippen molar-refractivity contribution in [3.05, 3.63) is 18.7 Å². The van der Waals surface area contributed by atoms with Crippen LogP contribution in [-0.2, 0) is 11.3 Å². The van der Waals surface area contributed by atoms with Crippen LogP contribution in [0.3, 0.4) is 0 Å². The lowest BCUT2D eigenvalue weighted by atomic mass is 9.81. The van der Waals surface area contributed by atoms with Gasteiger partial charge in [0.1, 0.15) is 0 Å². The number of aromatic nitrogens is 2. The average Bonchev–Trinajstić information content (AvgIpc) is 3.00. The molecule has 3 N–H and O–H groups in total. The van der Waals surface area contributed by atoms with Gasteiger partial charge in [0, 0.05) is 31.4 Å². The first-order valence-electron chi connectivity index (χ1n) is 7.73. The van der Waals surface area contributed by atoms with E-state index in [1.54, 1.807) is 6.20 Å². The number of nitrogens with two attached hydrogens (primary N) is 1. The highest BCUT2D eigenvalue weighted by atomic mass is 16.1. The number of hydrogen-bond donors (Lipinski definition) is 2. The fourth-order valence-electron chi connectivity index (χ4n) is 2.85. The molecule has 0 atom stereocenters. The summed E-state index contributed by atoms with van der Waals surface area (Å²) in [6.07, 6.45) is 11.9. The first-order valence-corrected chi connectivity index (χ1v) is 7.73. The molecule has 0 spiro atoms. The van der Waals surface area contributed by atoms with E-state index in [4.69, 9.17) is 5.73 Å². The molecule has 0 bridgehead atoms. The molecule has 0 unspecified atom stereocenters. The third-order valence-corrected chi connectivity index (χ3v) is 4.25. The summed E-state index contributed by atoms with van der Waals surface area (Å²) in [6.45, 7) is 2.52. The summed E-state index contributed by atoms with van der Waals surface area (Å²) in [4.78, 5) is 16.0. The number of nitrogens with one attached hydrogen (secondary N) is 1. The standard InChI is InChI=1S/C15H26N4O/c16-11-13-3-5-14(6-4-13)15(20)18-7-1-2-9-19-10-8-17-12-19/h8,10,12-14H,1-7,9,11,16H2,(H,18,20). The molecule has 1 aliphatic carbocycles. The van der Waals surface area contributed by atoms with Gasteiger partial charge >= 0.3 is 0 Å². The number of aryl methyl sites for hydroxylation is 1. The van der Waals surface area contributed by atoms with Gasteiger partial charge in [-0.2, -0.15) is 0 Å². The van der Waals surface area contributed by atoms with Crippen LogP contribution in [0.2, 0.25) is 0 Å². The van der Waals surface area contributed by atoms with Crippen molar-refractivity contribution in [3.63, 3.8) is 0 Å². The Labute approximate surface area is 120 Å². The second kappa shape index (κ2) is 8.04. The van der Waals surface area contributed by atoms with Gasteiger partial charge < -0.3 is 15.6 Å². The maximum absolute atomic E-state index is 12.0. The lowest BCUT2D eigenvalue weighted by Gasteiger charge is -2.26. The van der Waals surface area contributed by atoms with Crippen molar-refractivity contribution in [1.82, 2.24) is 14.9 Å². The minimum absolute atomic E-state index is 0.214. The van der Waals surface area contributed by atoms with Crippen LogP contribution in [0.5, 0.6) is 0 Å². The Morgan fingerprint density at radius 1 is 1.30 bits per heavy atom. The lowest BCUT2D eigenvalue weighted by molar-refractivity contribution is -0.126. The number of unbranched alkanes of at least 4 members (excludes halogenated alkanes) is 1. The normalized spacial score (nSPS) is 22.6. The van der Waals surface area contributed by atoms with Crippen molar-refractivity contribution in [3.8, 4) is 0 Å². The van der Waals surface area contributed by atoms with Crippen molar-refractivity contribution < 1.29 is 4.79 Å². The Kier molecular flexibility index (Phi) is 6.05. The Balaban J connectivity index is 1.54. The van der Waals surface area contributed by atoms with Crippen LogP contribution in [0.15, 0.2) is 18.7 Å². The molecule has 112 valence electrons. The van der Waals surface area contributed by atoms with Gasteiger partial charge in [-0.3, -0.25) is 4.79 Å². The zero-order chi connectivity index (χ0) is 14.2. The number of hydrogen-bond acceptors (Lipinski definition) is 3. The molecule has 0 radical (unpaired) electrons. The zero-order valence-electron chi connectivity index (χ0n) is 12.1. The molecule has 1 amide bonds. The van der Waals surface area contributed by atoms with Crippen LogP contribution in [0.25, 0.3) is 0 Å². The first-order chi connectivity index (χ1) is 9.79. The molecule has 1 fully saturated rings. The molecule has 1 aromatic heterocycles. The summed E-state index contributed by atoms with van der Waals surface area (Å²) in [5.41, 5.74) is 5.67. The number of rotatable bonds is 7. The molecule has 0 aromatic carbocycles. The molecule has 1 aliphatic rings. The van der Waals surface area contributed by atoms with E-state index >= 15 is 0 Å². The van der Waals surface area contributed by atoms with Gasteiger partial charge in [0.2, 0.25) is 5.91 Å². The highest BCUT2D eigenvalue weighted by Crippen LogP contribution is 2.28. The zero-order valence-corrected chi connectivity index (χ0v) is 12.1. The average molecular weight is 278 g/mol. The predicted molar refractivity (Wildman–Crippen MR) is 79.0 cm³/mol. The van der Waals surface area contributed by atoms with Crippen molar-refractivity contribution >= 4 is 5.91 Å². The molecule has 5 nitrogen and oxygen atoms in total. The van der Waals surface area contributed by atoms with Gasteiger partial charge in [-0.15, -0.1) is 0 Å². The highest BCUT2D eigenvalue weighted by Gasteiger charge is 2.25. The van der Waals surface area contributed by atoms with Crippen molar-refractivity contribution in [1.29, 1.82) is 0 Å². The molecule has 20 heavy (non-hydrogen) atoms. The molecule has 0 saturated heterocycles. The Bertz CT molecular complexity index is 383. The van der Waals surface area contributed by atoms with E-state index in [1.807, 2.05) is 12.5 Å². The van der Waals surface area contributed by atoms with E-state index in [-0.39, 0.29) is 11.8 Å². The van der Waals surface area contributed by atoms with Crippen molar-refractivity contribution in [2.45, 2.75) is 45.1 Å². The number of imidazole rings is 1. The second-order valence-corrected chi connectivity index (χ2v) is 5.75. The summed E-state index contributed by atoms with van der Waals surface area (Å²) < 4.78 is 2.07. The molecule has 1 heterocycles. The molecular formula is C15H26N4O. The maximum atomic E-state index is 12.0. The van der Waals surface area contributed by atoms with Gasteiger partial charge in [-0.05, 0) is 51.0 Å². The lowest BCUT2D eigenvalue weighted by Crippen LogP contribution is -2.34. The van der Waals surface area contributed by atoms with Gasteiger partial charge in [-0.25, -0.2) is 4.98 Å². The van der Waals surface area contributed by atoms with Crippen molar-refractivity contribution in [2.24, 2.45) is 17.6 Å². The predicted octanol–water partition coefficient (Wildman–Crippen LogP) is 1.54. The van der Waals surface area contributed by atoms with Gasteiger partial charge in [0.15, 0.2) is 0 Å². The Morgan fingerprint density at radius 3 is 2.75 bits per heavy atom. The largest absolute Gasteiger partial charge is 0.356 e. The summed E-state index contributed by atoms with van der Waals surface area (Å²) >= 11 is 0. The Hall–Kier alpha value is -1.36. The molecule has 2 rings (SSSR count). The summed E-state index contributed by atoms with van der Waals surface area (Å²) in [5, 5.41) is 3.07. The van der Waals surface area contributed by atoms with Gasteiger partial charge in [0.05, 0.1) is 6.33 Å². The van der Waals surface area contributed by atoms with Crippen LogP contribution in [0.1, 0.15) is 38.5 Å². The molecule has 1 aromatic rings.